The van der Waals surface area contributed by atoms with Gasteiger partial charge in [0.05, 0.1) is 6.61 Å². The fourth-order valence-corrected chi connectivity index (χ4v) is 6.39. The van der Waals surface area contributed by atoms with Gasteiger partial charge in [-0.15, -0.1) is 0 Å². The summed E-state index contributed by atoms with van der Waals surface area (Å²) >= 11 is 0. The number of rotatable bonds is 29. The van der Waals surface area contributed by atoms with E-state index in [1.807, 2.05) is 0 Å². The highest BCUT2D eigenvalue weighted by atomic mass is 31.2. The molecule has 50 heavy (non-hydrogen) atoms. The highest BCUT2D eigenvalue weighted by molar-refractivity contribution is 7.47. The second kappa shape index (κ2) is 27.9. The zero-order valence-electron chi connectivity index (χ0n) is 30.2. The van der Waals surface area contributed by atoms with Crippen LogP contribution < -0.4 is 0 Å². The maximum Gasteiger partial charge on any atom is 0.472 e. The lowest BCUT2D eigenvalue weighted by Crippen LogP contribution is -2.64. The number of hydrogen-bond acceptors (Lipinski definition) is 12. The Hall–Kier alpha value is -1.67. The number of aliphatic hydroxyl groups is 5. The number of hydrogen-bond donors (Lipinski definition) is 6. The quantitative estimate of drug-likeness (QED) is 0.0249. The van der Waals surface area contributed by atoms with Gasteiger partial charge in [0.2, 0.25) is 0 Å². The predicted molar refractivity (Wildman–Crippen MR) is 189 cm³/mol. The van der Waals surface area contributed by atoms with Crippen LogP contribution in [0.3, 0.4) is 0 Å². The molecule has 292 valence electrons. The molecule has 0 aromatic carbocycles. The lowest BCUT2D eigenvalue weighted by molar-refractivity contribution is -0.220. The van der Waals surface area contributed by atoms with Crippen LogP contribution in [0.15, 0.2) is 24.3 Å². The van der Waals surface area contributed by atoms with E-state index < -0.39 is 75.7 Å². The third-order valence-corrected chi connectivity index (χ3v) is 9.53. The Balaban J connectivity index is 2.56. The number of ether oxygens (including phenoxy) is 2. The Labute approximate surface area is 298 Å². The van der Waals surface area contributed by atoms with Gasteiger partial charge in [0.1, 0.15) is 43.2 Å². The molecule has 0 bridgehead atoms. The Kier molecular flexibility index (Phi) is 25.9. The van der Waals surface area contributed by atoms with Crippen molar-refractivity contribution < 1.29 is 63.1 Å². The molecule has 0 aromatic rings. The molecule has 0 amide bonds. The molecule has 1 aliphatic carbocycles. The van der Waals surface area contributed by atoms with Gasteiger partial charge in [-0.1, -0.05) is 109 Å². The van der Waals surface area contributed by atoms with Gasteiger partial charge < -0.3 is 39.9 Å². The first-order valence-corrected chi connectivity index (χ1v) is 20.1. The van der Waals surface area contributed by atoms with Crippen molar-refractivity contribution >= 4 is 19.8 Å². The van der Waals surface area contributed by atoms with Crippen LogP contribution in [0.1, 0.15) is 136 Å². The van der Waals surface area contributed by atoms with Crippen LogP contribution in [-0.4, -0.2) is 98.3 Å². The van der Waals surface area contributed by atoms with Gasteiger partial charge in [-0.05, 0) is 38.5 Å². The Morgan fingerprint density at radius 3 is 1.68 bits per heavy atom. The number of esters is 2. The zero-order chi connectivity index (χ0) is 37.2. The Morgan fingerprint density at radius 2 is 1.10 bits per heavy atom. The molecule has 1 saturated carbocycles. The van der Waals surface area contributed by atoms with Gasteiger partial charge in [-0.3, -0.25) is 18.6 Å². The predicted octanol–water partition coefficient (Wildman–Crippen LogP) is 5.33. The fraction of sp³-hybridized carbons (Fsp3) is 0.833. The molecular weight excluding hydrogens is 671 g/mol. The highest BCUT2D eigenvalue weighted by Gasteiger charge is 2.51. The van der Waals surface area contributed by atoms with Crippen LogP contribution in [-0.2, 0) is 32.7 Å². The maximum atomic E-state index is 12.7. The van der Waals surface area contributed by atoms with Gasteiger partial charge >= 0.3 is 19.8 Å². The first kappa shape index (κ1) is 46.4. The van der Waals surface area contributed by atoms with E-state index in [0.717, 1.165) is 77.0 Å². The largest absolute Gasteiger partial charge is 0.472 e. The lowest BCUT2D eigenvalue weighted by atomic mass is 9.85. The highest BCUT2D eigenvalue weighted by Crippen LogP contribution is 2.47. The first-order chi connectivity index (χ1) is 23.9. The molecule has 1 rings (SSSR count). The fourth-order valence-electron chi connectivity index (χ4n) is 5.42. The van der Waals surface area contributed by atoms with Crippen molar-refractivity contribution in [2.24, 2.45) is 0 Å². The number of carbonyl (C=O) groups excluding carboxylic acids is 2. The van der Waals surface area contributed by atoms with Crippen LogP contribution in [0, 0.1) is 0 Å². The van der Waals surface area contributed by atoms with Crippen molar-refractivity contribution in [3.63, 3.8) is 0 Å². The molecule has 1 fully saturated rings. The summed E-state index contributed by atoms with van der Waals surface area (Å²) in [6, 6.07) is 0. The molecule has 0 aromatic heterocycles. The van der Waals surface area contributed by atoms with Crippen molar-refractivity contribution in [1.29, 1.82) is 0 Å². The second-order valence-electron chi connectivity index (χ2n) is 13.1. The van der Waals surface area contributed by atoms with Gasteiger partial charge in [0.15, 0.2) is 6.10 Å². The van der Waals surface area contributed by atoms with Gasteiger partial charge in [0.25, 0.3) is 0 Å². The number of unbranched alkanes of at least 4 members (excludes halogenated alkanes) is 13. The van der Waals surface area contributed by atoms with E-state index in [2.05, 4.69) is 38.2 Å². The molecule has 0 aliphatic heterocycles. The molecule has 0 radical (unpaired) electrons. The molecule has 13 nitrogen and oxygen atoms in total. The van der Waals surface area contributed by atoms with Gasteiger partial charge in [-0.25, -0.2) is 4.57 Å². The number of aliphatic hydroxyl groups excluding tert-OH is 5. The summed E-state index contributed by atoms with van der Waals surface area (Å²) in [6.45, 7) is 3.14. The van der Waals surface area contributed by atoms with Crippen LogP contribution in [0.2, 0.25) is 0 Å². The van der Waals surface area contributed by atoms with E-state index in [4.69, 9.17) is 18.5 Å². The maximum absolute atomic E-state index is 12.7. The SMILES string of the molecule is CCCC/C=C\C/C=C\CCCCCCCC(=O)OC(COC(=O)CCCCCCCCC)COP(=O)(O)OC1C(O)C(O)C(O)C(O)C1O. The molecule has 0 spiro atoms. The van der Waals surface area contributed by atoms with Crippen molar-refractivity contribution in [3.05, 3.63) is 24.3 Å². The minimum atomic E-state index is -5.10. The summed E-state index contributed by atoms with van der Waals surface area (Å²) in [5, 5.41) is 49.8. The number of phosphoric acid groups is 1. The minimum Gasteiger partial charge on any atom is -0.462 e. The van der Waals surface area contributed by atoms with Crippen molar-refractivity contribution in [3.8, 4) is 0 Å². The van der Waals surface area contributed by atoms with Crippen molar-refractivity contribution in [2.75, 3.05) is 13.2 Å². The van der Waals surface area contributed by atoms with E-state index in [9.17, 15) is 44.6 Å². The third kappa shape index (κ3) is 21.0. The summed E-state index contributed by atoms with van der Waals surface area (Å²) < 4.78 is 33.2. The second-order valence-corrected chi connectivity index (χ2v) is 14.5. The first-order valence-electron chi connectivity index (χ1n) is 18.6. The topological polar surface area (TPSA) is 210 Å². The van der Waals surface area contributed by atoms with Gasteiger partial charge in [-0.2, -0.15) is 0 Å². The normalized spacial score (nSPS) is 24.4. The van der Waals surface area contributed by atoms with Crippen molar-refractivity contribution in [1.82, 2.24) is 0 Å². The Bertz CT molecular complexity index is 990. The molecule has 1 aliphatic rings. The third-order valence-electron chi connectivity index (χ3n) is 8.55. The number of allylic oxidation sites excluding steroid dienone is 4. The molecule has 14 heteroatoms. The molecule has 0 heterocycles. The smallest absolute Gasteiger partial charge is 0.462 e. The number of carbonyl (C=O) groups is 2. The molecule has 6 unspecified atom stereocenters. The number of phosphoric ester groups is 1. The average Bonchev–Trinajstić information content (AvgIpc) is 3.09. The lowest BCUT2D eigenvalue weighted by Gasteiger charge is -2.41. The summed E-state index contributed by atoms with van der Waals surface area (Å²) in [5.41, 5.74) is 0. The van der Waals surface area contributed by atoms with Gasteiger partial charge in [0, 0.05) is 12.8 Å². The van der Waals surface area contributed by atoms with E-state index >= 15 is 0 Å². The van der Waals surface area contributed by atoms with E-state index in [-0.39, 0.29) is 12.8 Å². The van der Waals surface area contributed by atoms with E-state index in [1.54, 1.807) is 0 Å². The molecule has 0 saturated heterocycles. The van der Waals surface area contributed by atoms with Crippen LogP contribution in [0.4, 0.5) is 0 Å². The average molecular weight is 737 g/mol. The zero-order valence-corrected chi connectivity index (χ0v) is 31.1. The Morgan fingerprint density at radius 1 is 0.620 bits per heavy atom. The van der Waals surface area contributed by atoms with Crippen LogP contribution in [0.25, 0.3) is 0 Å². The minimum absolute atomic E-state index is 0.0819. The molecular formula is C36H65O13P. The summed E-state index contributed by atoms with van der Waals surface area (Å²) in [4.78, 5) is 35.2. The summed E-state index contributed by atoms with van der Waals surface area (Å²) in [5.74, 6) is -1.12. The molecule has 6 atom stereocenters. The van der Waals surface area contributed by atoms with E-state index in [1.165, 1.54) is 19.3 Å². The van der Waals surface area contributed by atoms with Crippen molar-refractivity contribution in [2.45, 2.75) is 179 Å². The standard InChI is InChI=1S/C36H65O13P/c1-3-5-7-9-11-12-13-14-15-16-17-19-21-23-25-30(38)48-28(26-46-29(37)24-22-20-18-10-8-6-4-2)27-47-50(44,45)49-36-34(42)32(40)31(39)33(41)35(36)43/h9,11,13-14,28,31-36,39-43H,3-8,10,12,15-27H2,1-2H3,(H,44,45)/b11-9-,14-13-. The van der Waals surface area contributed by atoms with E-state index in [0.29, 0.717) is 12.8 Å². The summed E-state index contributed by atoms with van der Waals surface area (Å²) in [6.07, 6.45) is 12.8. The summed E-state index contributed by atoms with van der Waals surface area (Å²) in [7, 11) is -5.10. The van der Waals surface area contributed by atoms with Crippen LogP contribution in [0.5, 0.6) is 0 Å². The van der Waals surface area contributed by atoms with Crippen LogP contribution >= 0.6 is 7.82 Å². The molecule has 6 N–H and O–H groups in total. The monoisotopic (exact) mass is 736 g/mol.